The van der Waals surface area contributed by atoms with Crippen molar-refractivity contribution in [2.45, 2.75) is 47.2 Å². The smallest absolute Gasteiger partial charge is 0.175 e. The van der Waals surface area contributed by atoms with Crippen molar-refractivity contribution in [2.75, 3.05) is 157 Å². The minimum absolute atomic E-state index is 0.364. The molecule has 1 fully saturated rings. The fourth-order valence-electron chi connectivity index (χ4n) is 13.1. The summed E-state index contributed by atoms with van der Waals surface area (Å²) in [5.74, 6) is 4.18. The molecule has 9 N–H and O–H groups in total. The lowest BCUT2D eigenvalue weighted by Crippen LogP contribution is -2.45. The number of aromatic amines is 3. The largest absolute Gasteiger partial charge is 0.491 e. The van der Waals surface area contributed by atoms with Crippen molar-refractivity contribution in [2.24, 2.45) is 15.0 Å². The van der Waals surface area contributed by atoms with E-state index in [9.17, 15) is 0 Å². The minimum atomic E-state index is 0.364. The van der Waals surface area contributed by atoms with Gasteiger partial charge in [0.25, 0.3) is 0 Å². The maximum Gasteiger partial charge on any atom is 0.175 e. The summed E-state index contributed by atoms with van der Waals surface area (Å²) < 4.78 is 28.2. The van der Waals surface area contributed by atoms with Gasteiger partial charge in [-0.3, -0.25) is 21.1 Å². The molecule has 0 atom stereocenters. The van der Waals surface area contributed by atoms with Gasteiger partial charge >= 0.3 is 0 Å². The topological polar surface area (TPSA) is 324 Å². The van der Waals surface area contributed by atoms with E-state index in [0.29, 0.717) is 101 Å². The molecule has 30 heteroatoms. The van der Waals surface area contributed by atoms with Crippen LogP contribution in [-0.2, 0) is 27.3 Å². The highest BCUT2D eigenvalue weighted by Gasteiger charge is 2.32. The first kappa shape index (κ1) is 75.4. The molecule has 0 amide bonds. The second-order valence-electron chi connectivity index (χ2n) is 28.2. The van der Waals surface area contributed by atoms with Crippen LogP contribution in [0.5, 0.6) is 0 Å². The Labute approximate surface area is 634 Å². The van der Waals surface area contributed by atoms with Gasteiger partial charge in [-0.25, -0.2) is 38.5 Å². The molecule has 568 valence electrons. The van der Waals surface area contributed by atoms with E-state index in [1.807, 2.05) is 215 Å². The lowest BCUT2D eigenvalue weighted by atomic mass is 9.95. The van der Waals surface area contributed by atoms with Crippen LogP contribution in [0, 0.1) is 43.9 Å². The summed E-state index contributed by atoms with van der Waals surface area (Å²) in [5, 5.41) is 51.3. The number of imidazole rings is 2. The lowest BCUT2D eigenvalue weighted by Gasteiger charge is -2.32. The molecule has 0 bridgehead atoms. The van der Waals surface area contributed by atoms with Crippen LogP contribution >= 0.6 is 0 Å². The van der Waals surface area contributed by atoms with Crippen LogP contribution < -0.4 is 16.0 Å². The summed E-state index contributed by atoms with van der Waals surface area (Å²) in [6.45, 7) is 21.1. The molecule has 30 nitrogen and oxygen atoms in total. The highest BCUT2D eigenvalue weighted by atomic mass is 16.5. The van der Waals surface area contributed by atoms with Crippen molar-refractivity contribution < 1.29 is 14.2 Å². The van der Waals surface area contributed by atoms with Gasteiger partial charge in [0.05, 0.1) is 93.7 Å². The molecule has 1 saturated heterocycles. The molecular formula is C79H99N27O3. The quantitative estimate of drug-likeness (QED) is 0.0206. The number of anilines is 3. The third-order valence-electron chi connectivity index (χ3n) is 19.4. The number of aryl methyl sites for hydroxylation is 3. The Morgan fingerprint density at radius 1 is 0.486 bits per heavy atom. The van der Waals surface area contributed by atoms with Crippen molar-refractivity contribution in [3.05, 3.63) is 197 Å². The van der Waals surface area contributed by atoms with Gasteiger partial charge in [-0.2, -0.15) is 0 Å². The van der Waals surface area contributed by atoms with Crippen molar-refractivity contribution >= 4 is 103 Å². The number of nitrogens with zero attached hydrogens (tertiary/aromatic N) is 18. The zero-order chi connectivity index (χ0) is 76.2. The summed E-state index contributed by atoms with van der Waals surface area (Å²) >= 11 is 0. The van der Waals surface area contributed by atoms with Gasteiger partial charge in [0.1, 0.15) is 47.6 Å². The maximum absolute atomic E-state index is 9.04. The van der Waals surface area contributed by atoms with Crippen LogP contribution in [0.4, 0.5) is 34.5 Å². The van der Waals surface area contributed by atoms with E-state index in [-0.39, 0.29) is 0 Å². The molecule has 4 aliphatic rings. The van der Waals surface area contributed by atoms with E-state index in [1.165, 1.54) is 0 Å². The molecule has 3 aliphatic carbocycles. The number of pyridine rings is 3. The van der Waals surface area contributed by atoms with Crippen molar-refractivity contribution in [1.29, 1.82) is 16.2 Å². The molecule has 11 aromatic heterocycles. The molecule has 0 aromatic carbocycles. The average molecular weight is 1470 g/mol. The fourth-order valence-corrected chi connectivity index (χ4v) is 13.1. The Morgan fingerprint density at radius 2 is 0.899 bits per heavy atom. The monoisotopic (exact) mass is 1470 g/mol. The molecule has 11 aromatic rings. The van der Waals surface area contributed by atoms with Crippen molar-refractivity contribution in [1.82, 2.24) is 87.4 Å². The second-order valence-corrected chi connectivity index (χ2v) is 28.2. The van der Waals surface area contributed by atoms with Crippen LogP contribution in [0.3, 0.4) is 0 Å². The molecule has 0 spiro atoms. The van der Waals surface area contributed by atoms with Crippen LogP contribution in [0.25, 0.3) is 33.8 Å². The van der Waals surface area contributed by atoms with Crippen molar-refractivity contribution in [3.63, 3.8) is 0 Å². The normalized spacial score (nSPS) is 15.7. The third-order valence-corrected chi connectivity index (χ3v) is 19.4. The first-order chi connectivity index (χ1) is 52.8. The second kappa shape index (κ2) is 34.4. The number of likely N-dealkylation sites (N-methyl/N-ethyl adjacent to an activating group) is 4. The van der Waals surface area contributed by atoms with Crippen LogP contribution in [-0.4, -0.2) is 263 Å². The van der Waals surface area contributed by atoms with E-state index in [1.54, 1.807) is 18.7 Å². The standard InChI is InChI=1S/C27H33N9O.C26H31N9O.C26H35N9O/c1-18-19(2)31-26-22(37-15-7-11-35-14-9-29-17-35)16-20(24(28)23(18)26)32-25-21-8-5-6-12-36(21)33-27(25)30-10-13-34(3)4;1-17-18(2)30-25-21(36-14-13-34-12-8-28-16-34)15-19(23(27)22(17)25)31-24-20-7-5-6-10-35(20)32-26(24)29-9-11-33(3)4;1-32(2)11-9-29-26-25(21-6-4-5-10-35(21)31-26)30-20-18-22(24-19(23(20)27)7-8-28-24)36-17-16-34-14-12-33(3)13-15-34/h5-6,8-9,12,14,16-17,28,31H,7,10-11,13,15H2,1-4H3,(H,30,33);5-8,10,12,15-16,27,30H,9,11,13-14H2,1-4H3,(H,29,32);4-8,10,18,27-28H,9,11-17H2,1-3H3,(H,29,31). The highest BCUT2D eigenvalue weighted by molar-refractivity contribution is 6.55. The zero-order valence-corrected chi connectivity index (χ0v) is 64.1. The predicted octanol–water partition coefficient (Wildman–Crippen LogP) is 10.1. The SMILES string of the molecule is CN(C)CCNc1nn2ccccc2c1N=C1C=C(OCCN2CCN(C)CC2)c2[nH]ccc2C1=N.Cc1[nH]c2c(c1C)C(=N)C(=Nc1c(NCCN(C)C)nn3ccccc13)C=C2OCCCn1ccnc1.Cc1[nH]c2c(c1C)C(=N)C(=Nc1c(NCCN(C)C)nn3ccccc13)C=C2OCCn1ccnc1. The number of ether oxygens (including phenoxy) is 3. The zero-order valence-electron chi connectivity index (χ0n) is 64.1. The number of hydrogen-bond donors (Lipinski definition) is 9. The molecule has 0 radical (unpaired) electrons. The van der Waals surface area contributed by atoms with Crippen molar-refractivity contribution in [3.8, 4) is 0 Å². The molecule has 0 saturated carbocycles. The Hall–Kier alpha value is -11.8. The first-order valence-corrected chi connectivity index (χ1v) is 36.9. The van der Waals surface area contributed by atoms with Gasteiger partial charge in [0.15, 0.2) is 17.5 Å². The number of aromatic nitrogens is 13. The summed E-state index contributed by atoms with van der Waals surface area (Å²) in [4.78, 5) is 44.3. The van der Waals surface area contributed by atoms with Crippen LogP contribution in [0.2, 0.25) is 0 Å². The van der Waals surface area contributed by atoms with Crippen LogP contribution in [0.1, 0.15) is 62.7 Å². The average Bonchev–Trinajstić information content (AvgIpc) is 1.65. The number of allylic oxidation sites excluding steroid dienone is 3. The molecule has 0 unspecified atom stereocenters. The van der Waals surface area contributed by atoms with Gasteiger partial charge in [0, 0.05) is 174 Å². The van der Waals surface area contributed by atoms with Gasteiger partial charge in [-0.05, 0) is 137 Å². The molecule has 1 aliphatic heterocycles. The summed E-state index contributed by atoms with van der Waals surface area (Å²) in [7, 11) is 14.4. The van der Waals surface area contributed by atoms with E-state index in [0.717, 1.165) is 169 Å². The number of nitrogens with one attached hydrogen (secondary N) is 9. The Morgan fingerprint density at radius 3 is 1.33 bits per heavy atom. The van der Waals surface area contributed by atoms with E-state index in [2.05, 4.69) is 72.4 Å². The number of hydrogen-bond acceptors (Lipinski definition) is 22. The predicted molar refractivity (Wildman–Crippen MR) is 435 cm³/mol. The molecule has 15 rings (SSSR count). The Bertz CT molecular complexity index is 5220. The maximum atomic E-state index is 9.04. The number of aliphatic imine (C=N–C) groups is 3. The lowest BCUT2D eigenvalue weighted by molar-refractivity contribution is 0.127. The van der Waals surface area contributed by atoms with Gasteiger partial charge in [-0.1, -0.05) is 18.2 Å². The number of rotatable bonds is 28. The van der Waals surface area contributed by atoms with Gasteiger partial charge in [0.2, 0.25) is 0 Å². The summed E-state index contributed by atoms with van der Waals surface area (Å²) in [6, 6.07) is 19.6. The molecular weight excluding hydrogens is 1380 g/mol. The minimum Gasteiger partial charge on any atom is -0.491 e. The summed E-state index contributed by atoms with van der Waals surface area (Å²) in [5.41, 5.74) is 16.6. The molecule has 12 heterocycles. The summed E-state index contributed by atoms with van der Waals surface area (Å²) in [6.07, 6.45) is 25.0. The number of piperazine rings is 1. The van der Waals surface area contributed by atoms with E-state index in [4.69, 9.17) is 60.7 Å². The fraction of sp³-hybridized carbons (Fsp3) is 0.354. The van der Waals surface area contributed by atoms with Gasteiger partial charge < -0.3 is 73.8 Å². The number of H-pyrrole nitrogens is 3. The highest BCUT2D eigenvalue weighted by Crippen LogP contribution is 2.38. The van der Waals surface area contributed by atoms with E-state index >= 15 is 0 Å². The Balaban J connectivity index is 0.000000144. The Kier molecular flexibility index (Phi) is 23.8. The van der Waals surface area contributed by atoms with Gasteiger partial charge in [-0.15, -0.1) is 15.3 Å². The van der Waals surface area contributed by atoms with Crippen LogP contribution in [0.15, 0.2) is 156 Å². The van der Waals surface area contributed by atoms with E-state index < -0.39 is 0 Å². The third kappa shape index (κ3) is 17.6. The first-order valence-electron chi connectivity index (χ1n) is 36.9. The number of fused-ring (bicyclic) bond motifs is 6. The molecule has 109 heavy (non-hydrogen) atoms.